The van der Waals surface area contributed by atoms with Gasteiger partial charge in [-0.25, -0.2) is 4.98 Å². The van der Waals surface area contributed by atoms with Crippen LogP contribution in [-0.2, 0) is 11.3 Å². The third kappa shape index (κ3) is 2.63. The largest absolute Gasteiger partial charge is 0.481 e. The fourth-order valence-electron chi connectivity index (χ4n) is 1.62. The van der Waals surface area contributed by atoms with E-state index < -0.39 is 5.97 Å². The second-order valence-electron chi connectivity index (χ2n) is 3.45. The van der Waals surface area contributed by atoms with E-state index in [1.165, 1.54) is 11.8 Å². The topological polar surface area (TPSA) is 55.1 Å². The van der Waals surface area contributed by atoms with Gasteiger partial charge in [-0.3, -0.25) is 4.79 Å². The van der Waals surface area contributed by atoms with Crippen LogP contribution in [0.5, 0.6) is 0 Å². The molecule has 4 nitrogen and oxygen atoms in total. The number of carbonyl (C=O) groups is 1. The van der Waals surface area contributed by atoms with Gasteiger partial charge in [0.1, 0.15) is 0 Å². The molecule has 1 heterocycles. The van der Waals surface area contributed by atoms with Gasteiger partial charge >= 0.3 is 5.97 Å². The molecule has 0 spiro atoms. The fourth-order valence-corrected chi connectivity index (χ4v) is 2.77. The van der Waals surface area contributed by atoms with Crippen LogP contribution in [-0.4, -0.2) is 26.4 Å². The Morgan fingerprint density at radius 1 is 1.59 bits per heavy atom. The third-order valence-corrected chi connectivity index (χ3v) is 3.77. The lowest BCUT2D eigenvalue weighted by atomic mass is 10.3. The number of hydrogen-bond acceptors (Lipinski definition) is 3. The van der Waals surface area contributed by atoms with Crippen LogP contribution in [0.1, 0.15) is 6.92 Å². The van der Waals surface area contributed by atoms with Gasteiger partial charge in [0.25, 0.3) is 0 Å². The highest BCUT2D eigenvalue weighted by Crippen LogP contribution is 2.26. The number of aliphatic carboxylic acids is 1. The number of halogens is 1. The monoisotopic (exact) mass is 314 g/mol. The molecule has 0 fully saturated rings. The summed E-state index contributed by atoms with van der Waals surface area (Å²) in [4.78, 5) is 15.0. The van der Waals surface area contributed by atoms with Gasteiger partial charge in [0.15, 0.2) is 5.16 Å². The van der Waals surface area contributed by atoms with Crippen LogP contribution in [0.3, 0.4) is 0 Å². The van der Waals surface area contributed by atoms with Crippen molar-refractivity contribution in [2.75, 3.05) is 5.75 Å². The first kappa shape index (κ1) is 12.4. The molecule has 0 saturated carbocycles. The Morgan fingerprint density at radius 2 is 2.35 bits per heavy atom. The van der Waals surface area contributed by atoms with E-state index in [1.54, 1.807) is 0 Å². The van der Waals surface area contributed by atoms with E-state index in [9.17, 15) is 4.79 Å². The Hall–Kier alpha value is -1.01. The van der Waals surface area contributed by atoms with Gasteiger partial charge in [0.05, 0.1) is 16.8 Å². The van der Waals surface area contributed by atoms with Crippen molar-refractivity contribution < 1.29 is 9.90 Å². The van der Waals surface area contributed by atoms with Crippen molar-refractivity contribution in [1.82, 2.24) is 9.55 Å². The Morgan fingerprint density at radius 3 is 3.00 bits per heavy atom. The smallest absolute Gasteiger partial charge is 0.313 e. The second-order valence-corrected chi connectivity index (χ2v) is 5.31. The molecular formula is C11H11BrN2O2S. The molecular weight excluding hydrogens is 304 g/mol. The van der Waals surface area contributed by atoms with E-state index in [-0.39, 0.29) is 5.75 Å². The summed E-state index contributed by atoms with van der Waals surface area (Å²) in [5, 5.41) is 9.44. The Bertz CT molecular complexity index is 568. The Balaban J connectivity index is 2.44. The molecule has 0 aliphatic heterocycles. The summed E-state index contributed by atoms with van der Waals surface area (Å²) >= 11 is 4.65. The van der Waals surface area contributed by atoms with Crippen LogP contribution in [0, 0.1) is 0 Å². The minimum Gasteiger partial charge on any atom is -0.481 e. The number of benzene rings is 1. The number of thioether (sulfide) groups is 1. The number of aromatic nitrogens is 2. The lowest BCUT2D eigenvalue weighted by Crippen LogP contribution is -2.01. The quantitative estimate of drug-likeness (QED) is 0.881. The first-order valence-corrected chi connectivity index (χ1v) is 6.90. The van der Waals surface area contributed by atoms with Gasteiger partial charge in [-0.2, -0.15) is 0 Å². The number of hydrogen-bond donors (Lipinski definition) is 1. The molecule has 0 unspecified atom stereocenters. The number of imidazole rings is 1. The number of aryl methyl sites for hydroxylation is 1. The van der Waals surface area contributed by atoms with Crippen LogP contribution >= 0.6 is 27.7 Å². The van der Waals surface area contributed by atoms with Gasteiger partial charge < -0.3 is 9.67 Å². The van der Waals surface area contributed by atoms with Crippen molar-refractivity contribution in [1.29, 1.82) is 0 Å². The molecule has 90 valence electrons. The number of nitrogens with zero attached hydrogens (tertiary/aromatic N) is 2. The molecule has 6 heteroatoms. The third-order valence-electron chi connectivity index (χ3n) is 2.32. The number of carboxylic acids is 1. The highest BCUT2D eigenvalue weighted by Gasteiger charge is 2.11. The van der Waals surface area contributed by atoms with E-state index in [2.05, 4.69) is 20.9 Å². The van der Waals surface area contributed by atoms with Crippen molar-refractivity contribution in [2.24, 2.45) is 0 Å². The molecule has 0 bridgehead atoms. The average Bonchev–Trinajstić information content (AvgIpc) is 2.62. The Labute approximate surface area is 111 Å². The zero-order valence-corrected chi connectivity index (χ0v) is 11.6. The van der Waals surface area contributed by atoms with Crippen LogP contribution < -0.4 is 0 Å². The van der Waals surface area contributed by atoms with E-state index in [0.717, 1.165) is 27.2 Å². The molecule has 2 aromatic rings. The molecule has 1 aromatic heterocycles. The minimum atomic E-state index is -0.828. The van der Waals surface area contributed by atoms with Crippen molar-refractivity contribution in [3.8, 4) is 0 Å². The molecule has 2 rings (SSSR count). The fraction of sp³-hybridized carbons (Fsp3) is 0.273. The average molecular weight is 315 g/mol. The van der Waals surface area contributed by atoms with Crippen LogP contribution in [0.2, 0.25) is 0 Å². The predicted molar refractivity (Wildman–Crippen MR) is 71.5 cm³/mol. The van der Waals surface area contributed by atoms with E-state index >= 15 is 0 Å². The van der Waals surface area contributed by atoms with E-state index in [4.69, 9.17) is 5.11 Å². The standard InChI is InChI=1S/C11H11BrN2O2S/c1-2-14-9-4-3-7(12)5-8(9)13-11(14)17-6-10(15)16/h3-5H,2,6H2,1H3,(H,15,16). The van der Waals surface area contributed by atoms with Gasteiger partial charge in [-0.15, -0.1) is 0 Å². The zero-order chi connectivity index (χ0) is 12.4. The summed E-state index contributed by atoms with van der Waals surface area (Å²) in [7, 11) is 0. The van der Waals surface area contributed by atoms with Gasteiger partial charge in [0, 0.05) is 11.0 Å². The van der Waals surface area contributed by atoms with Crippen molar-refractivity contribution >= 4 is 44.7 Å². The van der Waals surface area contributed by atoms with Crippen LogP contribution in [0.4, 0.5) is 0 Å². The predicted octanol–water partition coefficient (Wildman–Crippen LogP) is 3.00. The van der Waals surface area contributed by atoms with E-state index in [1.807, 2.05) is 29.7 Å². The summed E-state index contributed by atoms with van der Waals surface area (Å²) in [6.45, 7) is 2.80. The molecule has 0 saturated heterocycles. The molecule has 0 aliphatic carbocycles. The molecule has 17 heavy (non-hydrogen) atoms. The van der Waals surface area contributed by atoms with Crippen molar-refractivity contribution in [3.63, 3.8) is 0 Å². The Kier molecular flexibility index (Phi) is 3.73. The second kappa shape index (κ2) is 5.10. The van der Waals surface area contributed by atoms with Crippen LogP contribution in [0.15, 0.2) is 27.8 Å². The molecule has 0 atom stereocenters. The summed E-state index contributed by atoms with van der Waals surface area (Å²) in [5.41, 5.74) is 1.91. The first-order chi connectivity index (χ1) is 8.11. The summed E-state index contributed by atoms with van der Waals surface area (Å²) in [6, 6.07) is 5.88. The normalized spacial score (nSPS) is 10.9. The maximum atomic E-state index is 10.6. The highest BCUT2D eigenvalue weighted by molar-refractivity contribution is 9.10. The highest BCUT2D eigenvalue weighted by atomic mass is 79.9. The number of fused-ring (bicyclic) bond motifs is 1. The summed E-state index contributed by atoms with van der Waals surface area (Å²) in [5.74, 6) is -0.796. The molecule has 1 N–H and O–H groups in total. The van der Waals surface area contributed by atoms with Gasteiger partial charge in [-0.1, -0.05) is 27.7 Å². The number of rotatable bonds is 4. The van der Waals surface area contributed by atoms with Crippen LogP contribution in [0.25, 0.3) is 11.0 Å². The number of carboxylic acid groups (broad SMARTS) is 1. The molecule has 0 aliphatic rings. The van der Waals surface area contributed by atoms with E-state index in [0.29, 0.717) is 0 Å². The maximum Gasteiger partial charge on any atom is 0.313 e. The summed E-state index contributed by atoms with van der Waals surface area (Å²) in [6.07, 6.45) is 0. The maximum absolute atomic E-state index is 10.6. The lowest BCUT2D eigenvalue weighted by Gasteiger charge is -2.03. The first-order valence-electron chi connectivity index (χ1n) is 5.12. The van der Waals surface area contributed by atoms with Gasteiger partial charge in [0.2, 0.25) is 0 Å². The molecule has 0 radical (unpaired) electrons. The van der Waals surface area contributed by atoms with Crippen molar-refractivity contribution in [2.45, 2.75) is 18.6 Å². The lowest BCUT2D eigenvalue weighted by molar-refractivity contribution is -0.133. The molecule has 0 amide bonds. The molecule has 1 aromatic carbocycles. The minimum absolute atomic E-state index is 0.0322. The van der Waals surface area contributed by atoms with Crippen molar-refractivity contribution in [3.05, 3.63) is 22.7 Å². The van der Waals surface area contributed by atoms with Gasteiger partial charge in [-0.05, 0) is 25.1 Å². The SMILES string of the molecule is CCn1c(SCC(=O)O)nc2cc(Br)ccc21. The zero-order valence-electron chi connectivity index (χ0n) is 9.18. The summed E-state index contributed by atoms with van der Waals surface area (Å²) < 4.78 is 3.00.